The predicted molar refractivity (Wildman–Crippen MR) is 82.8 cm³/mol. The second-order valence-corrected chi connectivity index (χ2v) is 6.03. The minimum Gasteiger partial charge on any atom is -0.337 e. The van der Waals surface area contributed by atoms with Crippen molar-refractivity contribution in [1.29, 1.82) is 0 Å². The highest BCUT2D eigenvalue weighted by atomic mass is 32.1. The summed E-state index contributed by atoms with van der Waals surface area (Å²) in [5.41, 5.74) is 3.30. The maximum absolute atomic E-state index is 4.45. The topological polar surface area (TPSA) is 55.6 Å². The average molecular weight is 287 g/mol. The predicted octanol–water partition coefficient (Wildman–Crippen LogP) is 3.35. The summed E-state index contributed by atoms with van der Waals surface area (Å²) >= 11 is 1.71. The van der Waals surface area contributed by atoms with Crippen LogP contribution >= 0.6 is 11.3 Å². The van der Waals surface area contributed by atoms with Crippen molar-refractivity contribution in [2.45, 2.75) is 27.2 Å². The molecule has 0 aliphatic carbocycles. The second kappa shape index (κ2) is 4.86. The molecule has 0 bridgehead atoms. The molecule has 0 aromatic carbocycles. The van der Waals surface area contributed by atoms with Crippen LogP contribution in [0.25, 0.3) is 10.2 Å². The fourth-order valence-electron chi connectivity index (χ4n) is 2.30. The van der Waals surface area contributed by atoms with E-state index in [9.17, 15) is 0 Å². The van der Waals surface area contributed by atoms with Crippen LogP contribution in [0.1, 0.15) is 23.1 Å². The van der Waals surface area contributed by atoms with E-state index < -0.39 is 0 Å². The molecule has 0 unspecified atom stereocenters. The minimum atomic E-state index is 0.861. The lowest BCUT2D eigenvalue weighted by Crippen LogP contribution is -1.97. The van der Waals surface area contributed by atoms with Gasteiger partial charge >= 0.3 is 0 Å². The lowest BCUT2D eigenvalue weighted by atomic mass is 10.2. The molecule has 0 aliphatic rings. The molecule has 3 rings (SSSR count). The quantitative estimate of drug-likeness (QED) is 0.802. The third-order valence-corrected chi connectivity index (χ3v) is 4.57. The van der Waals surface area contributed by atoms with Crippen LogP contribution in [0.2, 0.25) is 0 Å². The van der Waals surface area contributed by atoms with Crippen LogP contribution < -0.4 is 5.32 Å². The fourth-order valence-corrected chi connectivity index (χ4v) is 3.30. The smallest absolute Gasteiger partial charge is 0.142 e. The number of hydrogen-bond acceptors (Lipinski definition) is 5. The molecule has 3 aromatic heterocycles. The first-order chi connectivity index (χ1) is 9.60. The van der Waals surface area contributed by atoms with Crippen molar-refractivity contribution in [3.63, 3.8) is 0 Å². The van der Waals surface area contributed by atoms with Crippen molar-refractivity contribution in [1.82, 2.24) is 19.7 Å². The van der Waals surface area contributed by atoms with Crippen molar-refractivity contribution in [3.05, 3.63) is 28.7 Å². The largest absolute Gasteiger partial charge is 0.337 e. The molecule has 0 fully saturated rings. The third kappa shape index (κ3) is 2.06. The van der Waals surface area contributed by atoms with Crippen molar-refractivity contribution < 1.29 is 0 Å². The van der Waals surface area contributed by atoms with Crippen molar-refractivity contribution >= 4 is 33.1 Å². The van der Waals surface area contributed by atoms with Crippen LogP contribution in [0.3, 0.4) is 0 Å². The van der Waals surface area contributed by atoms with E-state index in [0.29, 0.717) is 0 Å². The van der Waals surface area contributed by atoms with E-state index in [-0.39, 0.29) is 0 Å². The summed E-state index contributed by atoms with van der Waals surface area (Å²) in [6.45, 7) is 6.34. The number of hydrogen-bond donors (Lipinski definition) is 1. The maximum atomic E-state index is 4.45. The van der Waals surface area contributed by atoms with Crippen molar-refractivity contribution in [2.75, 3.05) is 5.32 Å². The molecule has 20 heavy (non-hydrogen) atoms. The monoisotopic (exact) mass is 287 g/mol. The first-order valence-electron chi connectivity index (χ1n) is 6.60. The van der Waals surface area contributed by atoms with E-state index in [1.54, 1.807) is 17.7 Å². The normalized spacial score (nSPS) is 11.2. The summed E-state index contributed by atoms with van der Waals surface area (Å²) in [6.07, 6.45) is 4.49. The molecule has 3 aromatic rings. The van der Waals surface area contributed by atoms with E-state index in [1.807, 2.05) is 17.9 Å². The molecule has 1 N–H and O–H groups in total. The van der Waals surface area contributed by atoms with Gasteiger partial charge < -0.3 is 5.32 Å². The first-order valence-corrected chi connectivity index (χ1v) is 7.42. The van der Waals surface area contributed by atoms with Crippen LogP contribution in [0, 0.1) is 13.8 Å². The van der Waals surface area contributed by atoms with Gasteiger partial charge in [-0.05, 0) is 25.8 Å². The molecular weight excluding hydrogens is 270 g/mol. The van der Waals surface area contributed by atoms with E-state index >= 15 is 0 Å². The van der Waals surface area contributed by atoms with Gasteiger partial charge in [0.25, 0.3) is 0 Å². The Hall–Kier alpha value is -1.95. The molecule has 104 valence electrons. The number of anilines is 2. The summed E-state index contributed by atoms with van der Waals surface area (Å²) in [5.74, 6) is 0.861. The molecule has 6 heteroatoms. The van der Waals surface area contributed by atoms with Gasteiger partial charge in [0.15, 0.2) is 0 Å². The van der Waals surface area contributed by atoms with Crippen LogP contribution in [0.4, 0.5) is 11.5 Å². The Morgan fingerprint density at radius 1 is 1.30 bits per heavy atom. The van der Waals surface area contributed by atoms with Crippen LogP contribution in [-0.4, -0.2) is 19.7 Å². The van der Waals surface area contributed by atoms with Crippen molar-refractivity contribution in [3.8, 4) is 0 Å². The molecule has 0 saturated heterocycles. The number of aryl methyl sites for hydroxylation is 4. The molecular formula is C14H17N5S. The van der Waals surface area contributed by atoms with Crippen LogP contribution in [0.15, 0.2) is 12.5 Å². The number of nitrogens with one attached hydrogen (secondary N) is 1. The first kappa shape index (κ1) is 13.1. The highest BCUT2D eigenvalue weighted by Crippen LogP contribution is 2.34. The van der Waals surface area contributed by atoms with Crippen molar-refractivity contribution in [2.24, 2.45) is 7.05 Å². The molecule has 0 radical (unpaired) electrons. The summed E-state index contributed by atoms with van der Waals surface area (Å²) < 4.78 is 1.82. The Morgan fingerprint density at radius 2 is 2.10 bits per heavy atom. The van der Waals surface area contributed by atoms with Gasteiger partial charge in [0.1, 0.15) is 17.0 Å². The minimum absolute atomic E-state index is 0.861. The van der Waals surface area contributed by atoms with Gasteiger partial charge in [0.05, 0.1) is 16.8 Å². The average Bonchev–Trinajstić information content (AvgIpc) is 2.91. The fraction of sp³-hybridized carbons (Fsp3) is 0.357. The Kier molecular flexibility index (Phi) is 3.17. The molecule has 5 nitrogen and oxygen atoms in total. The standard InChI is InChI=1S/C14H17N5S/c1-5-10-11(6-19(4)18-10)17-13-12-8(2)9(3)20-14(12)16-7-15-13/h6-7H,5H2,1-4H3,(H,15,16,17). The zero-order valence-electron chi connectivity index (χ0n) is 12.1. The molecule has 0 amide bonds. The molecule has 0 saturated carbocycles. The SMILES string of the molecule is CCc1nn(C)cc1Nc1ncnc2sc(C)c(C)c12. The van der Waals surface area contributed by atoms with E-state index in [0.717, 1.165) is 33.8 Å². The lowest BCUT2D eigenvalue weighted by Gasteiger charge is -2.06. The number of nitrogens with zero attached hydrogens (tertiary/aromatic N) is 4. The van der Waals surface area contributed by atoms with Gasteiger partial charge in [-0.25, -0.2) is 9.97 Å². The number of aromatic nitrogens is 4. The van der Waals surface area contributed by atoms with Gasteiger partial charge in [0, 0.05) is 18.1 Å². The van der Waals surface area contributed by atoms with Gasteiger partial charge in [-0.1, -0.05) is 6.92 Å². The van der Waals surface area contributed by atoms with Gasteiger partial charge in [-0.3, -0.25) is 4.68 Å². The zero-order chi connectivity index (χ0) is 14.3. The van der Waals surface area contributed by atoms with Gasteiger partial charge in [-0.15, -0.1) is 11.3 Å². The van der Waals surface area contributed by atoms with Gasteiger partial charge in [-0.2, -0.15) is 5.10 Å². The number of thiophene rings is 1. The molecule has 0 spiro atoms. The third-order valence-electron chi connectivity index (χ3n) is 3.46. The Labute approximate surface area is 121 Å². The molecule has 3 heterocycles. The van der Waals surface area contributed by atoms with E-state index in [1.165, 1.54) is 10.4 Å². The Bertz CT molecular complexity index is 771. The van der Waals surface area contributed by atoms with Crippen LogP contribution in [-0.2, 0) is 13.5 Å². The maximum Gasteiger partial charge on any atom is 0.142 e. The number of fused-ring (bicyclic) bond motifs is 1. The summed E-state index contributed by atoms with van der Waals surface area (Å²) in [7, 11) is 1.93. The highest BCUT2D eigenvalue weighted by molar-refractivity contribution is 7.18. The van der Waals surface area contributed by atoms with E-state index in [4.69, 9.17) is 0 Å². The molecule has 0 aliphatic heterocycles. The number of rotatable bonds is 3. The Balaban J connectivity index is 2.10. The molecule has 0 atom stereocenters. The highest BCUT2D eigenvalue weighted by Gasteiger charge is 2.14. The van der Waals surface area contributed by atoms with E-state index in [2.05, 4.69) is 41.2 Å². The Morgan fingerprint density at radius 3 is 2.85 bits per heavy atom. The summed E-state index contributed by atoms with van der Waals surface area (Å²) in [4.78, 5) is 11.1. The zero-order valence-corrected chi connectivity index (χ0v) is 12.9. The second-order valence-electron chi connectivity index (χ2n) is 4.83. The lowest BCUT2D eigenvalue weighted by molar-refractivity contribution is 0.746. The van der Waals surface area contributed by atoms with Gasteiger partial charge in [0.2, 0.25) is 0 Å². The summed E-state index contributed by atoms with van der Waals surface area (Å²) in [5, 5.41) is 8.97. The summed E-state index contributed by atoms with van der Waals surface area (Å²) in [6, 6.07) is 0. The van der Waals surface area contributed by atoms with Crippen LogP contribution in [0.5, 0.6) is 0 Å².